The highest BCUT2D eigenvalue weighted by Gasteiger charge is 2.36. The molecule has 4 aromatic carbocycles. The van der Waals surface area contributed by atoms with Gasteiger partial charge in [0.2, 0.25) is 0 Å². The Morgan fingerprint density at radius 3 is 1.40 bits per heavy atom. The van der Waals surface area contributed by atoms with Crippen LogP contribution < -0.4 is 0 Å². The monoisotopic (exact) mass is 736 g/mol. The van der Waals surface area contributed by atoms with Crippen molar-refractivity contribution in [3.05, 3.63) is 143 Å². The average Bonchev–Trinajstić information content (AvgIpc) is 4.04. The molecule has 0 N–H and O–H groups in total. The minimum Gasteiger partial charge on any atom is -0.307 e. The van der Waals surface area contributed by atoms with Crippen LogP contribution in [0.1, 0.15) is 17.0 Å². The largest absolute Gasteiger partial charge is 0.307 e. The van der Waals surface area contributed by atoms with Crippen LogP contribution in [0.15, 0.2) is 132 Å². The van der Waals surface area contributed by atoms with Crippen molar-refractivity contribution in [1.82, 2.24) is 9.13 Å². The van der Waals surface area contributed by atoms with Crippen molar-refractivity contribution >= 4 is 86.2 Å². The summed E-state index contributed by atoms with van der Waals surface area (Å²) in [6.45, 7) is 0. The van der Waals surface area contributed by atoms with Gasteiger partial charge < -0.3 is 9.13 Å². The Kier molecular flexibility index (Phi) is 6.55. The summed E-state index contributed by atoms with van der Waals surface area (Å²) >= 11 is 7.19. The third-order valence-corrected chi connectivity index (χ3v) is 14.8. The second kappa shape index (κ2) is 11.4. The van der Waals surface area contributed by atoms with Gasteiger partial charge in [0.05, 0.1) is 53.0 Å². The van der Waals surface area contributed by atoms with E-state index in [0.717, 1.165) is 44.8 Å². The molecule has 8 heteroatoms. The second-order valence-electron chi connectivity index (χ2n) is 13.1. The summed E-state index contributed by atoms with van der Waals surface area (Å²) in [5, 5.41) is 25.0. The van der Waals surface area contributed by atoms with Crippen molar-refractivity contribution in [2.75, 3.05) is 0 Å². The van der Waals surface area contributed by atoms with Gasteiger partial charge in [0.25, 0.3) is 0 Å². The van der Waals surface area contributed by atoms with Gasteiger partial charge in [-0.05, 0) is 105 Å². The zero-order valence-electron chi connectivity index (χ0n) is 27.3. The van der Waals surface area contributed by atoms with Crippen molar-refractivity contribution in [1.29, 1.82) is 10.5 Å². The Labute approximate surface area is 314 Å². The molecule has 0 amide bonds. The lowest BCUT2D eigenvalue weighted by Gasteiger charge is -2.15. The van der Waals surface area contributed by atoms with E-state index in [9.17, 15) is 10.5 Å². The first-order chi connectivity index (χ1) is 25.7. The van der Waals surface area contributed by atoms with E-state index in [-0.39, 0.29) is 5.92 Å². The van der Waals surface area contributed by atoms with Crippen LogP contribution in [0.4, 0.5) is 0 Å². The lowest BCUT2D eigenvalue weighted by atomic mass is 9.85. The van der Waals surface area contributed by atoms with E-state index in [2.05, 4.69) is 153 Å². The molecule has 0 atom stereocenters. The van der Waals surface area contributed by atoms with Gasteiger partial charge >= 0.3 is 0 Å². The van der Waals surface area contributed by atoms with Gasteiger partial charge in [0.15, 0.2) is 0 Å². The van der Waals surface area contributed by atoms with Crippen molar-refractivity contribution in [3.8, 4) is 55.5 Å². The van der Waals surface area contributed by atoms with Gasteiger partial charge in [0.1, 0.15) is 5.92 Å². The zero-order chi connectivity index (χ0) is 34.5. The van der Waals surface area contributed by atoms with E-state index in [0.29, 0.717) is 0 Å². The standard InChI is InChI=1S/C44H24N4S4/c45-23-27(24-46)40-32-19-25(38-21-36-43(51-38)41-34(15-17-49-41)47(36)28-7-3-1-4-8-28)11-13-30(32)31-14-12-26(20-33(31)40)39-22-37-44(52-39)42-35(16-18-50-42)48(37)29-9-5-2-6-10-29/h1-22,27,40H. The Bertz CT molecular complexity index is 2910. The van der Waals surface area contributed by atoms with Gasteiger partial charge in [-0.1, -0.05) is 60.7 Å². The van der Waals surface area contributed by atoms with E-state index >= 15 is 0 Å². The predicted octanol–water partition coefficient (Wildman–Crippen LogP) is 13.2. The lowest BCUT2D eigenvalue weighted by molar-refractivity contribution is 0.726. The van der Waals surface area contributed by atoms with Crippen molar-refractivity contribution in [3.63, 3.8) is 0 Å². The summed E-state index contributed by atoms with van der Waals surface area (Å²) in [6, 6.07) is 48.1. The van der Waals surface area contributed by atoms with Gasteiger partial charge in [-0.25, -0.2) is 0 Å². The number of rotatable bonds is 5. The molecule has 244 valence electrons. The minimum atomic E-state index is -0.809. The van der Waals surface area contributed by atoms with Crippen LogP contribution in [0.3, 0.4) is 0 Å². The molecule has 52 heavy (non-hydrogen) atoms. The smallest absolute Gasteiger partial charge is 0.144 e. The summed E-state index contributed by atoms with van der Waals surface area (Å²) in [5.41, 5.74) is 13.7. The fourth-order valence-electron chi connectivity index (χ4n) is 8.11. The maximum Gasteiger partial charge on any atom is 0.144 e. The molecule has 0 saturated carbocycles. The molecule has 0 saturated heterocycles. The molecule has 0 bridgehead atoms. The predicted molar refractivity (Wildman–Crippen MR) is 219 cm³/mol. The molecule has 0 fully saturated rings. The quantitative estimate of drug-likeness (QED) is 0.177. The van der Waals surface area contributed by atoms with Crippen LogP contribution in [0.25, 0.3) is 84.2 Å². The van der Waals surface area contributed by atoms with E-state index < -0.39 is 5.92 Å². The Balaban J connectivity index is 1.04. The molecule has 0 unspecified atom stereocenters. The highest BCUT2D eigenvalue weighted by atomic mass is 32.1. The van der Waals surface area contributed by atoms with Gasteiger partial charge in [-0.15, -0.1) is 45.3 Å². The molecule has 4 nitrogen and oxygen atoms in total. The van der Waals surface area contributed by atoms with E-state index in [1.807, 2.05) is 22.7 Å². The zero-order valence-corrected chi connectivity index (χ0v) is 30.5. The molecule has 11 rings (SSSR count). The molecular formula is C44H24N4S4. The number of benzene rings is 4. The van der Waals surface area contributed by atoms with Gasteiger partial charge in [-0.2, -0.15) is 10.5 Å². The van der Waals surface area contributed by atoms with Crippen LogP contribution in [-0.2, 0) is 0 Å². The molecule has 6 aromatic heterocycles. The number of nitriles is 2. The number of aromatic nitrogens is 2. The minimum absolute atomic E-state index is 0.340. The van der Waals surface area contributed by atoms with Crippen LogP contribution in [0.5, 0.6) is 0 Å². The van der Waals surface area contributed by atoms with E-state index in [4.69, 9.17) is 0 Å². The number of hydrogen-bond donors (Lipinski definition) is 0. The first-order valence-corrected chi connectivity index (χ1v) is 20.3. The summed E-state index contributed by atoms with van der Waals surface area (Å²) < 4.78 is 9.87. The first kappa shape index (κ1) is 29.9. The average molecular weight is 737 g/mol. The highest BCUT2D eigenvalue weighted by molar-refractivity contribution is 7.29. The maximum atomic E-state index is 10.3. The van der Waals surface area contributed by atoms with Crippen molar-refractivity contribution in [2.24, 2.45) is 5.92 Å². The second-order valence-corrected chi connectivity index (χ2v) is 17.0. The van der Waals surface area contributed by atoms with Crippen LogP contribution in [0, 0.1) is 28.6 Å². The van der Waals surface area contributed by atoms with Gasteiger partial charge in [-0.3, -0.25) is 0 Å². The molecule has 1 aliphatic carbocycles. The van der Waals surface area contributed by atoms with E-state index in [1.54, 1.807) is 22.7 Å². The van der Waals surface area contributed by atoms with Crippen molar-refractivity contribution in [2.45, 2.75) is 5.92 Å². The Morgan fingerprint density at radius 2 is 0.962 bits per heavy atom. The summed E-state index contributed by atoms with van der Waals surface area (Å²) in [5.74, 6) is -1.15. The lowest BCUT2D eigenvalue weighted by Crippen LogP contribution is -2.08. The number of para-hydroxylation sites is 2. The molecule has 0 aliphatic heterocycles. The summed E-state index contributed by atoms with van der Waals surface area (Å²) in [7, 11) is 0. The Morgan fingerprint density at radius 1 is 0.500 bits per heavy atom. The fraction of sp³-hybridized carbons (Fsp3) is 0.0455. The van der Waals surface area contributed by atoms with Crippen molar-refractivity contribution < 1.29 is 0 Å². The maximum absolute atomic E-state index is 10.3. The summed E-state index contributed by atoms with van der Waals surface area (Å²) in [4.78, 5) is 2.36. The molecule has 1 aliphatic rings. The molecule has 0 radical (unpaired) electrons. The van der Waals surface area contributed by atoms with E-state index in [1.165, 1.54) is 50.6 Å². The molecule has 6 heterocycles. The molecule has 0 spiro atoms. The number of hydrogen-bond acceptors (Lipinski definition) is 6. The first-order valence-electron chi connectivity index (χ1n) is 16.9. The fourth-order valence-corrected chi connectivity index (χ4v) is 12.5. The SMILES string of the molecule is N#CC(C#N)C1c2cc(-c3cc4c(s3)c3sccc3n4-c3ccccc3)ccc2-c2ccc(-c3cc4c(s3)c3sccc3n4-c3ccccc3)cc21. The molecular weight excluding hydrogens is 713 g/mol. The van der Waals surface area contributed by atoms with Crippen LogP contribution in [-0.4, -0.2) is 9.13 Å². The summed E-state index contributed by atoms with van der Waals surface area (Å²) in [6.07, 6.45) is 0. The van der Waals surface area contributed by atoms with Crippen LogP contribution >= 0.6 is 45.3 Å². The number of nitrogens with zero attached hydrogens (tertiary/aromatic N) is 4. The normalized spacial score (nSPS) is 12.7. The van der Waals surface area contributed by atoms with Crippen LogP contribution in [0.2, 0.25) is 0 Å². The topological polar surface area (TPSA) is 57.4 Å². The third kappa shape index (κ3) is 4.21. The molecule has 10 aromatic rings. The number of fused-ring (bicyclic) bond motifs is 9. The highest BCUT2D eigenvalue weighted by Crippen LogP contribution is 2.52. The van der Waals surface area contributed by atoms with Gasteiger partial charge in [0, 0.05) is 27.0 Å². The number of thiophene rings is 4. The Hall–Kier alpha value is -5.74. The third-order valence-electron chi connectivity index (χ3n) is 10.4.